The minimum absolute atomic E-state index is 0.331. The number of hydrogen-bond acceptors (Lipinski definition) is 2. The maximum Gasteiger partial charge on any atom is 0.335 e. The Hall–Kier alpha value is -1.03. The Morgan fingerprint density at radius 2 is 1.72 bits per heavy atom. The van der Waals surface area contributed by atoms with E-state index in [9.17, 15) is 4.79 Å². The van der Waals surface area contributed by atoms with Gasteiger partial charge < -0.3 is 10.0 Å². The van der Waals surface area contributed by atoms with E-state index in [1.807, 2.05) is 6.07 Å². The molecule has 1 aromatic rings. The molecule has 0 spiro atoms. The van der Waals surface area contributed by atoms with Crippen LogP contribution in [0.2, 0.25) is 0 Å². The van der Waals surface area contributed by atoms with Gasteiger partial charge in [0.05, 0.1) is 11.3 Å². The molecule has 0 aliphatic carbocycles. The number of halogens is 1. The Bertz CT molecular complexity index is 426. The van der Waals surface area contributed by atoms with E-state index in [-0.39, 0.29) is 0 Å². The Kier molecular flexibility index (Phi) is 4.64. The topological polar surface area (TPSA) is 40.5 Å². The summed E-state index contributed by atoms with van der Waals surface area (Å²) < 4.78 is 0.878. The Morgan fingerprint density at radius 1 is 1.11 bits per heavy atom. The third-order valence-corrected chi connectivity index (χ3v) is 4.03. The van der Waals surface area contributed by atoms with Gasteiger partial charge in [-0.25, -0.2) is 4.79 Å². The molecule has 1 N–H and O–H groups in total. The van der Waals surface area contributed by atoms with Gasteiger partial charge in [0, 0.05) is 17.6 Å². The fraction of sp³-hybridized carbons (Fsp3) is 0.500. The van der Waals surface area contributed by atoms with E-state index in [2.05, 4.69) is 20.8 Å². The number of carboxylic acids is 1. The van der Waals surface area contributed by atoms with Crippen molar-refractivity contribution in [1.29, 1.82) is 0 Å². The van der Waals surface area contributed by atoms with Crippen LogP contribution in [0.15, 0.2) is 22.7 Å². The number of aromatic carboxylic acids is 1. The van der Waals surface area contributed by atoms with Crippen LogP contribution in [-0.2, 0) is 0 Å². The third-order valence-electron chi connectivity index (χ3n) is 3.39. The maximum atomic E-state index is 10.9. The standard InChI is InChI=1S/C14H18BrNO2/c15-12-10-11(14(17)18)6-7-13(12)16-8-4-2-1-3-5-9-16/h6-7,10H,1-5,8-9H2,(H,17,18). The monoisotopic (exact) mass is 311 g/mol. The van der Waals surface area contributed by atoms with Gasteiger partial charge >= 0.3 is 5.97 Å². The van der Waals surface area contributed by atoms with Gasteiger partial charge in [-0.3, -0.25) is 0 Å². The van der Waals surface area contributed by atoms with Crippen LogP contribution in [0.25, 0.3) is 0 Å². The van der Waals surface area contributed by atoms with Crippen molar-refractivity contribution in [1.82, 2.24) is 0 Å². The first-order valence-corrected chi connectivity index (χ1v) is 7.25. The molecule has 0 amide bonds. The van der Waals surface area contributed by atoms with Crippen molar-refractivity contribution < 1.29 is 9.90 Å². The van der Waals surface area contributed by atoms with E-state index in [1.54, 1.807) is 12.1 Å². The predicted molar refractivity (Wildman–Crippen MR) is 76.4 cm³/mol. The molecule has 0 atom stereocenters. The van der Waals surface area contributed by atoms with Gasteiger partial charge in [-0.15, -0.1) is 0 Å². The van der Waals surface area contributed by atoms with Crippen LogP contribution in [0, 0.1) is 0 Å². The van der Waals surface area contributed by atoms with Crippen LogP contribution in [0.1, 0.15) is 42.5 Å². The number of anilines is 1. The molecular weight excluding hydrogens is 294 g/mol. The smallest absolute Gasteiger partial charge is 0.335 e. The number of carboxylic acid groups (broad SMARTS) is 1. The van der Waals surface area contributed by atoms with E-state index in [4.69, 9.17) is 5.11 Å². The van der Waals surface area contributed by atoms with E-state index < -0.39 is 5.97 Å². The molecule has 0 saturated carbocycles. The Morgan fingerprint density at radius 3 is 2.28 bits per heavy atom. The molecular formula is C14H18BrNO2. The first-order valence-electron chi connectivity index (χ1n) is 6.46. The van der Waals surface area contributed by atoms with Crippen LogP contribution in [0.3, 0.4) is 0 Å². The molecule has 0 unspecified atom stereocenters. The van der Waals surface area contributed by atoms with Crippen LogP contribution in [0.4, 0.5) is 5.69 Å². The summed E-state index contributed by atoms with van der Waals surface area (Å²) >= 11 is 3.49. The molecule has 0 aromatic heterocycles. The number of nitrogens with zero attached hydrogens (tertiary/aromatic N) is 1. The molecule has 98 valence electrons. The van der Waals surface area contributed by atoms with Gasteiger partial charge in [-0.05, 0) is 47.0 Å². The second-order valence-electron chi connectivity index (χ2n) is 4.73. The van der Waals surface area contributed by atoms with Crippen molar-refractivity contribution in [2.75, 3.05) is 18.0 Å². The van der Waals surface area contributed by atoms with Gasteiger partial charge in [-0.1, -0.05) is 19.3 Å². The summed E-state index contributed by atoms with van der Waals surface area (Å²) in [7, 11) is 0. The van der Waals surface area contributed by atoms with Crippen LogP contribution in [-0.4, -0.2) is 24.2 Å². The number of carbonyl (C=O) groups is 1. The zero-order valence-electron chi connectivity index (χ0n) is 10.4. The zero-order valence-corrected chi connectivity index (χ0v) is 11.9. The molecule has 1 saturated heterocycles. The molecule has 0 radical (unpaired) electrons. The fourth-order valence-electron chi connectivity index (χ4n) is 2.38. The second kappa shape index (κ2) is 6.23. The molecule has 4 heteroatoms. The summed E-state index contributed by atoms with van der Waals surface area (Å²) in [5.74, 6) is -0.880. The van der Waals surface area contributed by atoms with E-state index in [0.29, 0.717) is 5.56 Å². The van der Waals surface area contributed by atoms with Gasteiger partial charge in [0.2, 0.25) is 0 Å². The maximum absolute atomic E-state index is 10.9. The third kappa shape index (κ3) is 3.25. The first-order chi connectivity index (χ1) is 8.68. The van der Waals surface area contributed by atoms with Gasteiger partial charge in [0.1, 0.15) is 0 Å². The second-order valence-corrected chi connectivity index (χ2v) is 5.58. The molecule has 1 fully saturated rings. The average molecular weight is 312 g/mol. The van der Waals surface area contributed by atoms with Crippen molar-refractivity contribution in [3.8, 4) is 0 Å². The van der Waals surface area contributed by atoms with Crippen molar-refractivity contribution in [2.24, 2.45) is 0 Å². The Labute approximate surface area is 116 Å². The van der Waals surface area contributed by atoms with E-state index in [1.165, 1.54) is 32.1 Å². The van der Waals surface area contributed by atoms with Gasteiger partial charge in [0.25, 0.3) is 0 Å². The molecule has 1 aromatic carbocycles. The fourth-order valence-corrected chi connectivity index (χ4v) is 3.01. The summed E-state index contributed by atoms with van der Waals surface area (Å²) in [6, 6.07) is 5.28. The van der Waals surface area contributed by atoms with Gasteiger partial charge in [-0.2, -0.15) is 0 Å². The highest BCUT2D eigenvalue weighted by Gasteiger charge is 2.13. The SMILES string of the molecule is O=C(O)c1ccc(N2CCCCCCC2)c(Br)c1. The van der Waals surface area contributed by atoms with Crippen LogP contribution >= 0.6 is 15.9 Å². The lowest BCUT2D eigenvalue weighted by Crippen LogP contribution is -2.27. The highest BCUT2D eigenvalue weighted by Crippen LogP contribution is 2.29. The summed E-state index contributed by atoms with van der Waals surface area (Å²) in [6.07, 6.45) is 6.36. The minimum Gasteiger partial charge on any atom is -0.478 e. The Balaban J connectivity index is 2.18. The molecule has 18 heavy (non-hydrogen) atoms. The lowest BCUT2D eigenvalue weighted by Gasteiger charge is -2.28. The quantitative estimate of drug-likeness (QED) is 0.900. The summed E-state index contributed by atoms with van der Waals surface area (Å²) in [5, 5.41) is 8.96. The molecule has 2 rings (SSSR count). The number of benzene rings is 1. The molecule has 0 bridgehead atoms. The number of hydrogen-bond donors (Lipinski definition) is 1. The average Bonchev–Trinajstić information content (AvgIpc) is 2.29. The first kappa shape index (κ1) is 13.4. The molecule has 1 aliphatic heterocycles. The highest BCUT2D eigenvalue weighted by atomic mass is 79.9. The van der Waals surface area contributed by atoms with Crippen molar-refractivity contribution in [3.05, 3.63) is 28.2 Å². The summed E-state index contributed by atoms with van der Waals surface area (Å²) in [4.78, 5) is 13.3. The predicted octanol–water partition coefficient (Wildman–Crippen LogP) is 3.92. The molecule has 1 heterocycles. The van der Waals surface area contributed by atoms with E-state index in [0.717, 1.165) is 23.2 Å². The minimum atomic E-state index is -0.880. The largest absolute Gasteiger partial charge is 0.478 e. The summed E-state index contributed by atoms with van der Waals surface area (Å²) in [6.45, 7) is 2.12. The van der Waals surface area contributed by atoms with Crippen LogP contribution in [0.5, 0.6) is 0 Å². The normalized spacial score (nSPS) is 17.1. The number of rotatable bonds is 2. The molecule has 3 nitrogen and oxygen atoms in total. The van der Waals surface area contributed by atoms with Crippen molar-refractivity contribution in [2.45, 2.75) is 32.1 Å². The lowest BCUT2D eigenvalue weighted by molar-refractivity contribution is 0.0697. The lowest BCUT2D eigenvalue weighted by atomic mass is 10.1. The van der Waals surface area contributed by atoms with E-state index >= 15 is 0 Å². The van der Waals surface area contributed by atoms with Gasteiger partial charge in [0.15, 0.2) is 0 Å². The molecule has 1 aliphatic rings. The highest BCUT2D eigenvalue weighted by molar-refractivity contribution is 9.10. The zero-order chi connectivity index (χ0) is 13.0. The van der Waals surface area contributed by atoms with Crippen molar-refractivity contribution >= 4 is 27.6 Å². The summed E-state index contributed by atoms with van der Waals surface area (Å²) in [5.41, 5.74) is 1.44. The van der Waals surface area contributed by atoms with Crippen molar-refractivity contribution in [3.63, 3.8) is 0 Å². The van der Waals surface area contributed by atoms with Crippen LogP contribution < -0.4 is 4.90 Å².